The molecule has 73 heavy (non-hydrogen) atoms. The summed E-state index contributed by atoms with van der Waals surface area (Å²) in [4.78, 5) is 72.7. The number of esters is 3. The van der Waals surface area contributed by atoms with Gasteiger partial charge in [-0.3, -0.25) is 29.4 Å². The molecule has 2 saturated heterocycles. The second-order valence-corrected chi connectivity index (χ2v) is 20.0. The number of benzene rings is 2. The van der Waals surface area contributed by atoms with E-state index < -0.39 is 59.7 Å². The molecule has 2 aromatic carbocycles. The molecule has 0 saturated carbocycles. The van der Waals surface area contributed by atoms with E-state index in [0.29, 0.717) is 105 Å². The summed E-state index contributed by atoms with van der Waals surface area (Å²) >= 11 is 9.60. The molecular formula is C48H53Br2F2N9O10S2. The van der Waals surface area contributed by atoms with Crippen LogP contribution < -0.4 is 16.4 Å². The fraction of sp³-hybridized carbons (Fsp3) is 0.417. The van der Waals surface area contributed by atoms with Crippen LogP contribution in [0.2, 0.25) is 0 Å². The number of thiazole rings is 2. The van der Waals surface area contributed by atoms with Crippen LogP contribution >= 0.6 is 54.5 Å². The molecule has 4 aliphatic rings. The average Bonchev–Trinajstić information content (AvgIpc) is 4.13. The number of carbonyl (C=O) groups excluding carboxylic acids is 3. The summed E-state index contributed by atoms with van der Waals surface area (Å²) < 4.78 is 56.0. The van der Waals surface area contributed by atoms with E-state index in [1.165, 1.54) is 46.9 Å². The van der Waals surface area contributed by atoms with Crippen molar-refractivity contribution in [1.82, 2.24) is 30.4 Å². The topological polar surface area (TPSA) is 242 Å². The molecule has 0 bridgehead atoms. The van der Waals surface area contributed by atoms with Crippen LogP contribution in [0.4, 0.5) is 8.78 Å². The first-order valence-corrected chi connectivity index (χ1v) is 26.5. The Balaban J connectivity index is 0.000000216. The number of aromatic nitrogens is 2. The average molecular weight is 1180 g/mol. The Hall–Kier alpha value is -5.38. The fourth-order valence-corrected chi connectivity index (χ4v) is 10.4. The molecule has 3 unspecified atom stereocenters. The molecule has 19 nitrogen and oxygen atoms in total. The quantitative estimate of drug-likeness (QED) is 0.0735. The molecule has 5 atom stereocenters. The van der Waals surface area contributed by atoms with Gasteiger partial charge >= 0.3 is 23.9 Å². The number of carboxylic acids is 1. The van der Waals surface area contributed by atoms with Crippen LogP contribution in [0.1, 0.15) is 60.4 Å². The summed E-state index contributed by atoms with van der Waals surface area (Å²) in [5, 5.41) is 21.0. The van der Waals surface area contributed by atoms with E-state index in [0.717, 1.165) is 0 Å². The molecule has 0 aliphatic carbocycles. The number of ether oxygens (including phenoxy) is 5. The number of amidine groups is 2. The third kappa shape index (κ3) is 13.9. The van der Waals surface area contributed by atoms with Crippen LogP contribution in [0.25, 0.3) is 0 Å². The van der Waals surface area contributed by atoms with E-state index in [9.17, 15) is 33.1 Å². The second-order valence-electron chi connectivity index (χ2n) is 16.5. The number of carbonyl (C=O) groups is 4. The second kappa shape index (κ2) is 26.2. The maximum absolute atomic E-state index is 14.0. The van der Waals surface area contributed by atoms with Crippen LogP contribution in [-0.2, 0) is 42.9 Å². The third-order valence-corrected chi connectivity index (χ3v) is 14.7. The van der Waals surface area contributed by atoms with E-state index in [1.54, 1.807) is 48.7 Å². The summed E-state index contributed by atoms with van der Waals surface area (Å²) in [7, 11) is 0. The monoisotopic (exact) mass is 1180 g/mol. The van der Waals surface area contributed by atoms with Gasteiger partial charge in [-0.25, -0.2) is 28.3 Å². The smallest absolute Gasteiger partial charge is 0.338 e. The number of morpholine rings is 2. The maximum Gasteiger partial charge on any atom is 0.338 e. The predicted molar refractivity (Wildman–Crippen MR) is 274 cm³/mol. The zero-order valence-electron chi connectivity index (χ0n) is 39.9. The van der Waals surface area contributed by atoms with Crippen molar-refractivity contribution in [2.45, 2.75) is 57.4 Å². The summed E-state index contributed by atoms with van der Waals surface area (Å²) in [6, 6.07) is 5.00. The maximum atomic E-state index is 14.0. The van der Waals surface area contributed by atoms with Gasteiger partial charge in [-0.1, -0.05) is 50.9 Å². The Morgan fingerprint density at radius 2 is 1.27 bits per heavy atom. The Bertz CT molecular complexity index is 2750. The van der Waals surface area contributed by atoms with Gasteiger partial charge in [-0.15, -0.1) is 22.7 Å². The largest absolute Gasteiger partial charge is 0.480 e. The summed E-state index contributed by atoms with van der Waals surface area (Å²) in [6.07, 6.45) is 3.78. The number of rotatable bonds is 17. The number of hydrogen-bond donors (Lipinski definition) is 4. The number of nitrogens with two attached hydrogens (primary N) is 1. The van der Waals surface area contributed by atoms with Gasteiger partial charge in [0.15, 0.2) is 21.7 Å². The minimum atomic E-state index is -1.01. The normalized spacial score (nSPS) is 20.9. The van der Waals surface area contributed by atoms with Gasteiger partial charge in [0.1, 0.15) is 42.4 Å². The van der Waals surface area contributed by atoms with Gasteiger partial charge in [-0.2, -0.15) is 0 Å². The van der Waals surface area contributed by atoms with Crippen molar-refractivity contribution in [1.29, 1.82) is 0 Å². The summed E-state index contributed by atoms with van der Waals surface area (Å²) in [6.45, 7) is 8.20. The highest BCUT2D eigenvalue weighted by Gasteiger charge is 2.39. The Morgan fingerprint density at radius 3 is 1.73 bits per heavy atom. The first-order chi connectivity index (χ1) is 35.2. The summed E-state index contributed by atoms with van der Waals surface area (Å²) in [5.41, 5.74) is 8.54. The van der Waals surface area contributed by atoms with Crippen LogP contribution in [0.5, 0.6) is 0 Å². The molecule has 390 valence electrons. The van der Waals surface area contributed by atoms with Crippen LogP contribution in [0.15, 0.2) is 101 Å². The highest BCUT2D eigenvalue weighted by molar-refractivity contribution is 9.10. The molecule has 2 aromatic heterocycles. The van der Waals surface area contributed by atoms with Gasteiger partial charge in [0.05, 0.1) is 56.8 Å². The van der Waals surface area contributed by atoms with Crippen molar-refractivity contribution >= 4 is 90.1 Å². The molecular weight excluding hydrogens is 1120 g/mol. The Kier molecular flexibility index (Phi) is 19.9. The van der Waals surface area contributed by atoms with Gasteiger partial charge in [-0.05, 0) is 55.7 Å². The number of nitrogens with one attached hydrogen (secondary N) is 2. The van der Waals surface area contributed by atoms with Crippen LogP contribution in [0, 0.1) is 11.6 Å². The standard InChI is InChI=1S/C26H31BrFN5O5S.C22H22BrFN4O5S/c1-3-19(29)25(34)38-14-16-13-36-9-8-33(16)12-20-21(26(35)37-4-2)22(17-6-5-15(28)11-18(17)27)32-23(31-20)24-30-7-10-39-24;1-2-33-22(31)17-15(10-28-6-7-32-11-16(28)21(29)30)26-19(20-25-5-8-34-20)27-18(17)13-4-3-12(24)9-14(13)23/h5-7,10-11,16,19,22H,3-4,8-9,12-14,29H2,1-2H3,(H,31,32);3-5,8-9,16,18H,2,6-7,10-11H2,1H3,(H,26,27)(H,29,30)/t16-,19+,22?;/m1./s1. The Morgan fingerprint density at radius 1 is 0.781 bits per heavy atom. The van der Waals surface area contributed by atoms with Crippen molar-refractivity contribution in [3.05, 3.63) is 124 Å². The SMILES string of the molecule is CCOC(=O)C1=C(CN2CCOCC2C(=O)O)NC(c2nccs2)=NC1c1ccc(F)cc1Br.CCOC(=O)C1=C(CN2CCOC[C@@H]2COC(=O)[C@@H](N)CC)NC(c2nccs2)=NC1c1ccc(F)cc1Br. The summed E-state index contributed by atoms with van der Waals surface area (Å²) in [5.74, 6) is -2.54. The van der Waals surface area contributed by atoms with Gasteiger partial charge in [0.2, 0.25) is 0 Å². The molecule has 8 rings (SSSR count). The van der Waals surface area contributed by atoms with E-state index in [4.69, 9.17) is 39.4 Å². The highest BCUT2D eigenvalue weighted by Crippen LogP contribution is 2.39. The zero-order chi connectivity index (χ0) is 52.2. The van der Waals surface area contributed by atoms with Crippen molar-refractivity contribution in [2.75, 3.05) is 72.4 Å². The van der Waals surface area contributed by atoms with Crippen molar-refractivity contribution < 1.29 is 56.7 Å². The lowest BCUT2D eigenvalue weighted by Gasteiger charge is -2.37. The molecule has 4 aromatic rings. The van der Waals surface area contributed by atoms with Gasteiger partial charge in [0, 0.05) is 69.7 Å². The molecule has 6 heterocycles. The molecule has 0 spiro atoms. The minimum Gasteiger partial charge on any atom is -0.480 e. The number of aliphatic carboxylic acids is 1. The van der Waals surface area contributed by atoms with E-state index in [-0.39, 0.29) is 44.6 Å². The number of carboxylic acid groups (broad SMARTS) is 1. The van der Waals surface area contributed by atoms with Crippen LogP contribution in [-0.4, -0.2) is 151 Å². The zero-order valence-corrected chi connectivity index (χ0v) is 44.7. The van der Waals surface area contributed by atoms with E-state index >= 15 is 0 Å². The number of hydrogen-bond acceptors (Lipinski definition) is 20. The van der Waals surface area contributed by atoms with Gasteiger partial charge in [0.25, 0.3) is 0 Å². The first kappa shape index (κ1) is 55.4. The molecule has 0 amide bonds. The molecule has 5 N–H and O–H groups in total. The lowest BCUT2D eigenvalue weighted by atomic mass is 9.95. The minimum absolute atomic E-state index is 0.0394. The molecule has 25 heteroatoms. The van der Waals surface area contributed by atoms with E-state index in [2.05, 4.69) is 57.4 Å². The lowest BCUT2D eigenvalue weighted by molar-refractivity contribution is -0.150. The van der Waals surface area contributed by atoms with E-state index in [1.807, 2.05) is 12.3 Å². The number of aliphatic imine (C=N–C) groups is 2. The molecule has 0 radical (unpaired) electrons. The van der Waals surface area contributed by atoms with Crippen molar-refractivity contribution in [3.63, 3.8) is 0 Å². The number of nitrogens with zero attached hydrogens (tertiary/aromatic N) is 6. The fourth-order valence-electron chi connectivity index (χ4n) is 8.10. The Labute approximate surface area is 444 Å². The lowest BCUT2D eigenvalue weighted by Crippen LogP contribution is -2.52. The van der Waals surface area contributed by atoms with Crippen LogP contribution in [0.3, 0.4) is 0 Å². The highest BCUT2D eigenvalue weighted by atomic mass is 79.9. The molecule has 4 aliphatic heterocycles. The van der Waals surface area contributed by atoms with Crippen molar-refractivity contribution in [3.8, 4) is 0 Å². The third-order valence-electron chi connectivity index (χ3n) is 11.8. The van der Waals surface area contributed by atoms with Crippen molar-refractivity contribution in [2.24, 2.45) is 15.7 Å². The van der Waals surface area contributed by atoms with Gasteiger partial charge < -0.3 is 45.2 Å². The first-order valence-electron chi connectivity index (χ1n) is 23.2. The number of halogens is 4. The molecule has 2 fully saturated rings. The predicted octanol–water partition coefficient (Wildman–Crippen LogP) is 5.67.